The molecule has 3 rings (SSSR count). The Balaban J connectivity index is 1.97. The third kappa shape index (κ3) is 1.42. The molecule has 0 saturated heterocycles. The number of nitrogens with two attached hydrogens (primary N) is 1. The number of H-pyrrole nitrogens is 1. The highest BCUT2D eigenvalue weighted by molar-refractivity contribution is 5.52. The second kappa shape index (κ2) is 3.71. The van der Waals surface area contributed by atoms with Gasteiger partial charge in [-0.1, -0.05) is 0 Å². The summed E-state index contributed by atoms with van der Waals surface area (Å²) in [6.45, 7) is 1.68. The fourth-order valence-electron chi connectivity index (χ4n) is 2.18. The molecule has 0 bridgehead atoms. The van der Waals surface area contributed by atoms with Crippen LogP contribution >= 0.6 is 0 Å². The summed E-state index contributed by atoms with van der Waals surface area (Å²) in [7, 11) is 0. The molecule has 1 unspecified atom stereocenters. The topological polar surface area (TPSA) is 85.4 Å². The van der Waals surface area contributed by atoms with E-state index in [2.05, 4.69) is 25.0 Å². The van der Waals surface area contributed by atoms with Crippen molar-refractivity contribution in [3.63, 3.8) is 0 Å². The lowest BCUT2D eigenvalue weighted by Crippen LogP contribution is -2.25. The molecular formula is C10H14N6. The first-order valence-electron chi connectivity index (χ1n) is 5.50. The van der Waals surface area contributed by atoms with Crippen molar-refractivity contribution in [2.45, 2.75) is 19.4 Å². The summed E-state index contributed by atoms with van der Waals surface area (Å²) < 4.78 is 2.16. The third-order valence-electron chi connectivity index (χ3n) is 3.15. The second-order valence-electron chi connectivity index (χ2n) is 4.17. The van der Waals surface area contributed by atoms with Crippen LogP contribution in [0.5, 0.6) is 0 Å². The summed E-state index contributed by atoms with van der Waals surface area (Å²) in [5.74, 6) is 2.49. The smallest absolute Gasteiger partial charge is 0.167 e. The van der Waals surface area contributed by atoms with E-state index in [4.69, 9.17) is 5.73 Å². The standard InChI is InChI=1S/C10H14N6/c11-4-7-1-2-16-9(3-7)14-15-10(16)8-5-12-13-6-8/h5-7H,1-4,11H2,(H,12,13). The predicted octanol–water partition coefficient (Wildman–Crippen LogP) is 0.189. The van der Waals surface area contributed by atoms with Crippen molar-refractivity contribution >= 4 is 0 Å². The third-order valence-corrected chi connectivity index (χ3v) is 3.15. The van der Waals surface area contributed by atoms with Crippen molar-refractivity contribution in [2.24, 2.45) is 11.7 Å². The van der Waals surface area contributed by atoms with Crippen LogP contribution in [-0.2, 0) is 13.0 Å². The van der Waals surface area contributed by atoms with Gasteiger partial charge < -0.3 is 10.3 Å². The van der Waals surface area contributed by atoms with Crippen molar-refractivity contribution in [1.82, 2.24) is 25.0 Å². The predicted molar refractivity (Wildman–Crippen MR) is 58.5 cm³/mol. The molecule has 3 heterocycles. The zero-order valence-electron chi connectivity index (χ0n) is 8.93. The molecule has 6 heteroatoms. The van der Waals surface area contributed by atoms with E-state index >= 15 is 0 Å². The molecule has 84 valence electrons. The fourth-order valence-corrected chi connectivity index (χ4v) is 2.18. The number of hydrogen-bond acceptors (Lipinski definition) is 4. The molecule has 16 heavy (non-hydrogen) atoms. The Morgan fingerprint density at radius 1 is 1.50 bits per heavy atom. The lowest BCUT2D eigenvalue weighted by Gasteiger charge is -2.21. The molecule has 2 aromatic rings. The molecule has 0 aromatic carbocycles. The molecule has 2 aromatic heterocycles. The van der Waals surface area contributed by atoms with Crippen LogP contribution in [0.3, 0.4) is 0 Å². The van der Waals surface area contributed by atoms with Gasteiger partial charge in [0.1, 0.15) is 5.82 Å². The van der Waals surface area contributed by atoms with Crippen LogP contribution in [0.25, 0.3) is 11.4 Å². The van der Waals surface area contributed by atoms with Gasteiger partial charge in [0, 0.05) is 19.2 Å². The number of nitrogens with one attached hydrogen (secondary N) is 1. The van der Waals surface area contributed by atoms with Crippen LogP contribution in [0.1, 0.15) is 12.2 Å². The summed E-state index contributed by atoms with van der Waals surface area (Å²) in [4.78, 5) is 0. The van der Waals surface area contributed by atoms with Crippen LogP contribution < -0.4 is 5.73 Å². The van der Waals surface area contributed by atoms with Crippen LogP contribution in [0.2, 0.25) is 0 Å². The summed E-state index contributed by atoms with van der Waals surface area (Å²) in [5.41, 5.74) is 6.68. The molecule has 0 fully saturated rings. The van der Waals surface area contributed by atoms with Gasteiger partial charge >= 0.3 is 0 Å². The average Bonchev–Trinajstić information content (AvgIpc) is 2.96. The molecule has 1 aliphatic rings. The van der Waals surface area contributed by atoms with E-state index in [1.54, 1.807) is 6.20 Å². The van der Waals surface area contributed by atoms with E-state index in [-0.39, 0.29) is 0 Å². The molecule has 1 atom stereocenters. The number of aromatic nitrogens is 5. The Morgan fingerprint density at radius 2 is 2.44 bits per heavy atom. The minimum Gasteiger partial charge on any atom is -0.330 e. The molecule has 0 radical (unpaired) electrons. The first-order chi connectivity index (χ1) is 7.88. The minimum atomic E-state index is 0.550. The Kier molecular flexibility index (Phi) is 2.21. The van der Waals surface area contributed by atoms with Crippen molar-refractivity contribution in [1.29, 1.82) is 0 Å². The largest absolute Gasteiger partial charge is 0.330 e. The SMILES string of the molecule is NCC1CCn2c(nnc2-c2cn[nH]c2)C1. The Morgan fingerprint density at radius 3 is 3.19 bits per heavy atom. The van der Waals surface area contributed by atoms with Gasteiger partial charge in [0.2, 0.25) is 0 Å². The van der Waals surface area contributed by atoms with Crippen LogP contribution in [0, 0.1) is 5.92 Å². The molecule has 6 nitrogen and oxygen atoms in total. The molecule has 0 amide bonds. The number of rotatable bonds is 2. The number of nitrogens with zero attached hydrogens (tertiary/aromatic N) is 4. The summed E-state index contributed by atoms with van der Waals surface area (Å²) in [5, 5.41) is 15.2. The maximum atomic E-state index is 5.69. The van der Waals surface area contributed by atoms with E-state index in [1.165, 1.54) is 0 Å². The summed E-state index contributed by atoms with van der Waals surface area (Å²) >= 11 is 0. The first-order valence-corrected chi connectivity index (χ1v) is 5.50. The van der Waals surface area contributed by atoms with E-state index in [9.17, 15) is 0 Å². The highest BCUT2D eigenvalue weighted by Gasteiger charge is 2.22. The average molecular weight is 218 g/mol. The molecule has 1 aliphatic heterocycles. The van der Waals surface area contributed by atoms with E-state index in [0.29, 0.717) is 5.92 Å². The van der Waals surface area contributed by atoms with Crippen molar-refractivity contribution in [3.05, 3.63) is 18.2 Å². The molecule has 0 spiro atoms. The lowest BCUT2D eigenvalue weighted by atomic mass is 9.98. The quantitative estimate of drug-likeness (QED) is 0.753. The summed E-state index contributed by atoms with van der Waals surface area (Å²) in [6.07, 6.45) is 5.65. The maximum absolute atomic E-state index is 5.69. The van der Waals surface area contributed by atoms with Gasteiger partial charge in [0.25, 0.3) is 0 Å². The molecule has 3 N–H and O–H groups in total. The number of hydrogen-bond donors (Lipinski definition) is 2. The highest BCUT2D eigenvalue weighted by Crippen LogP contribution is 2.24. The Bertz CT molecular complexity index is 471. The second-order valence-corrected chi connectivity index (χ2v) is 4.17. The number of fused-ring (bicyclic) bond motifs is 1. The number of aromatic amines is 1. The minimum absolute atomic E-state index is 0.550. The van der Waals surface area contributed by atoms with Gasteiger partial charge in [-0.05, 0) is 18.9 Å². The van der Waals surface area contributed by atoms with E-state index < -0.39 is 0 Å². The lowest BCUT2D eigenvalue weighted by molar-refractivity contribution is 0.391. The van der Waals surface area contributed by atoms with Gasteiger partial charge in [0.05, 0.1) is 11.8 Å². The van der Waals surface area contributed by atoms with Gasteiger partial charge in [-0.25, -0.2) is 0 Å². The highest BCUT2D eigenvalue weighted by atomic mass is 15.3. The van der Waals surface area contributed by atoms with E-state index in [0.717, 1.165) is 43.1 Å². The zero-order valence-corrected chi connectivity index (χ0v) is 8.93. The Labute approximate surface area is 92.9 Å². The monoisotopic (exact) mass is 218 g/mol. The van der Waals surface area contributed by atoms with Crippen LogP contribution in [0.4, 0.5) is 0 Å². The van der Waals surface area contributed by atoms with Crippen LogP contribution in [-0.4, -0.2) is 31.5 Å². The zero-order chi connectivity index (χ0) is 11.0. The first kappa shape index (κ1) is 9.53. The molecular weight excluding hydrogens is 204 g/mol. The van der Waals surface area contributed by atoms with Crippen molar-refractivity contribution in [2.75, 3.05) is 6.54 Å². The molecule has 0 aliphatic carbocycles. The Hall–Kier alpha value is -1.69. The van der Waals surface area contributed by atoms with E-state index in [1.807, 2.05) is 6.20 Å². The van der Waals surface area contributed by atoms with Gasteiger partial charge in [-0.2, -0.15) is 5.10 Å². The van der Waals surface area contributed by atoms with Crippen molar-refractivity contribution < 1.29 is 0 Å². The molecule has 0 saturated carbocycles. The summed E-state index contributed by atoms with van der Waals surface area (Å²) in [6, 6.07) is 0. The fraction of sp³-hybridized carbons (Fsp3) is 0.500. The van der Waals surface area contributed by atoms with Gasteiger partial charge in [-0.3, -0.25) is 5.10 Å². The maximum Gasteiger partial charge on any atom is 0.167 e. The van der Waals surface area contributed by atoms with Crippen molar-refractivity contribution in [3.8, 4) is 11.4 Å². The van der Waals surface area contributed by atoms with Gasteiger partial charge in [0.15, 0.2) is 5.82 Å². The van der Waals surface area contributed by atoms with Gasteiger partial charge in [-0.15, -0.1) is 10.2 Å². The van der Waals surface area contributed by atoms with Crippen LogP contribution in [0.15, 0.2) is 12.4 Å². The normalized spacial score (nSPS) is 19.7.